The Morgan fingerprint density at radius 2 is 1.67 bits per heavy atom. The van der Waals surface area contributed by atoms with Crippen LogP contribution in [-0.4, -0.2) is 48.7 Å². The lowest BCUT2D eigenvalue weighted by Crippen LogP contribution is -2.34. The third-order valence-electron chi connectivity index (χ3n) is 3.63. The fourth-order valence-corrected chi connectivity index (χ4v) is 2.15. The zero-order valence-corrected chi connectivity index (χ0v) is 16.8. The van der Waals surface area contributed by atoms with Crippen LogP contribution in [0.5, 0.6) is 0 Å². The van der Waals surface area contributed by atoms with Crippen molar-refractivity contribution in [1.82, 2.24) is 10.2 Å². The second-order valence-electron chi connectivity index (χ2n) is 7.26. The maximum atomic E-state index is 12.1. The molecule has 0 heterocycles. The lowest BCUT2D eigenvalue weighted by molar-refractivity contribution is -0.151. The van der Waals surface area contributed by atoms with Gasteiger partial charge in [-0.2, -0.15) is 0 Å². The molecule has 1 N–H and O–H groups in total. The summed E-state index contributed by atoms with van der Waals surface area (Å²) in [6, 6.07) is 8.03. The molecule has 2 amide bonds. The van der Waals surface area contributed by atoms with Gasteiger partial charge in [-0.1, -0.05) is 31.2 Å². The molecule has 1 aromatic carbocycles. The Kier molecular flexibility index (Phi) is 8.78. The Bertz CT molecular complexity index is 635. The molecular weight excluding hydrogens is 348 g/mol. The van der Waals surface area contributed by atoms with Gasteiger partial charge < -0.3 is 19.7 Å². The van der Waals surface area contributed by atoms with Crippen LogP contribution in [0, 0.1) is 0 Å². The number of nitrogens with zero attached hydrogens (tertiary/aromatic N) is 1. The van der Waals surface area contributed by atoms with Crippen LogP contribution in [0.15, 0.2) is 24.3 Å². The van der Waals surface area contributed by atoms with E-state index in [1.807, 2.05) is 24.3 Å². The van der Waals surface area contributed by atoms with E-state index in [0.29, 0.717) is 6.54 Å². The molecule has 0 unspecified atom stereocenters. The summed E-state index contributed by atoms with van der Waals surface area (Å²) in [6.45, 7) is 7.54. The van der Waals surface area contributed by atoms with Crippen LogP contribution < -0.4 is 5.32 Å². The van der Waals surface area contributed by atoms with Gasteiger partial charge in [0.1, 0.15) is 5.60 Å². The van der Waals surface area contributed by atoms with Gasteiger partial charge in [0.2, 0.25) is 0 Å². The van der Waals surface area contributed by atoms with Crippen molar-refractivity contribution in [3.8, 4) is 0 Å². The fourth-order valence-electron chi connectivity index (χ4n) is 2.15. The van der Waals surface area contributed by atoms with Gasteiger partial charge in [0.05, 0.1) is 6.42 Å². The number of carbonyl (C=O) groups excluding carboxylic acids is 3. The number of ether oxygens (including phenoxy) is 2. The molecular formula is C20H30N2O5. The number of likely N-dealkylation sites (N-methyl/N-ethyl adjacent to an activating group) is 1. The maximum Gasteiger partial charge on any atom is 0.407 e. The number of esters is 1. The molecule has 0 atom stereocenters. The lowest BCUT2D eigenvalue weighted by Gasteiger charge is -2.19. The van der Waals surface area contributed by atoms with Crippen LogP contribution in [0.4, 0.5) is 4.79 Å². The number of alkyl carbamates (subject to hydrolysis) is 1. The molecule has 0 aliphatic rings. The molecule has 0 bridgehead atoms. The highest BCUT2D eigenvalue weighted by molar-refractivity contribution is 5.80. The Balaban J connectivity index is 2.27. The van der Waals surface area contributed by atoms with E-state index in [1.54, 1.807) is 27.8 Å². The zero-order valence-electron chi connectivity index (χ0n) is 16.8. The molecule has 0 radical (unpaired) electrons. The minimum atomic E-state index is -0.599. The van der Waals surface area contributed by atoms with E-state index >= 15 is 0 Å². The molecule has 7 nitrogen and oxygen atoms in total. The minimum Gasteiger partial charge on any atom is -0.456 e. The summed E-state index contributed by atoms with van der Waals surface area (Å²) in [6.07, 6.45) is 0.336. The van der Waals surface area contributed by atoms with E-state index in [-0.39, 0.29) is 25.5 Å². The largest absolute Gasteiger partial charge is 0.456 e. The van der Waals surface area contributed by atoms with Gasteiger partial charge in [0.25, 0.3) is 5.91 Å². The van der Waals surface area contributed by atoms with Crippen LogP contribution in [0.1, 0.15) is 45.2 Å². The second kappa shape index (κ2) is 10.5. The summed E-state index contributed by atoms with van der Waals surface area (Å²) in [7, 11) is 1.66. The van der Waals surface area contributed by atoms with Crippen molar-refractivity contribution < 1.29 is 23.9 Å². The average molecular weight is 378 g/mol. The van der Waals surface area contributed by atoms with Crippen molar-refractivity contribution in [3.05, 3.63) is 35.4 Å². The number of carbonyl (C=O) groups is 3. The number of hydrogen-bond acceptors (Lipinski definition) is 5. The average Bonchev–Trinajstić information content (AvgIpc) is 2.58. The number of rotatable bonds is 8. The van der Waals surface area contributed by atoms with Crippen LogP contribution in [0.2, 0.25) is 0 Å². The standard InChI is InChI=1S/C20H30N2O5/c1-6-15-7-9-16(10-8-15)13-22(5)17(23)14-26-18(24)11-12-21-19(25)27-20(2,3)4/h7-10H,6,11-14H2,1-5H3,(H,21,25). The first kappa shape index (κ1) is 22.5. The number of hydrogen-bond donors (Lipinski definition) is 1. The van der Waals surface area contributed by atoms with E-state index in [0.717, 1.165) is 12.0 Å². The molecule has 0 aromatic heterocycles. The van der Waals surface area contributed by atoms with Crippen LogP contribution >= 0.6 is 0 Å². The third kappa shape index (κ3) is 9.63. The summed E-state index contributed by atoms with van der Waals surface area (Å²) in [5.41, 5.74) is 1.65. The maximum absolute atomic E-state index is 12.1. The molecule has 27 heavy (non-hydrogen) atoms. The van der Waals surface area contributed by atoms with Gasteiger partial charge in [0.15, 0.2) is 6.61 Å². The number of amides is 2. The summed E-state index contributed by atoms with van der Waals surface area (Å²) >= 11 is 0. The minimum absolute atomic E-state index is 0.0330. The van der Waals surface area contributed by atoms with Crippen molar-refractivity contribution in [3.63, 3.8) is 0 Å². The fraction of sp³-hybridized carbons (Fsp3) is 0.550. The van der Waals surface area contributed by atoms with E-state index in [1.165, 1.54) is 10.5 Å². The molecule has 1 rings (SSSR count). The van der Waals surface area contributed by atoms with Crippen LogP contribution in [0.25, 0.3) is 0 Å². The van der Waals surface area contributed by atoms with Crippen LogP contribution in [-0.2, 0) is 32.0 Å². The first-order valence-corrected chi connectivity index (χ1v) is 9.05. The predicted octanol–water partition coefficient (Wildman–Crippen LogP) is 2.67. The second-order valence-corrected chi connectivity index (χ2v) is 7.26. The molecule has 7 heteroatoms. The van der Waals surface area contributed by atoms with Crippen molar-refractivity contribution in [1.29, 1.82) is 0 Å². The number of benzene rings is 1. The summed E-state index contributed by atoms with van der Waals surface area (Å²) in [4.78, 5) is 36.7. The van der Waals surface area contributed by atoms with Gasteiger partial charge in [-0.25, -0.2) is 4.79 Å². The molecule has 0 aliphatic carbocycles. The van der Waals surface area contributed by atoms with Gasteiger partial charge >= 0.3 is 12.1 Å². The van der Waals surface area contributed by atoms with Crippen molar-refractivity contribution >= 4 is 18.0 Å². The number of nitrogens with one attached hydrogen (secondary N) is 1. The van der Waals surface area contributed by atoms with Crippen molar-refractivity contribution in [2.24, 2.45) is 0 Å². The summed E-state index contributed by atoms with van der Waals surface area (Å²) < 4.78 is 10.0. The van der Waals surface area contributed by atoms with Gasteiger partial charge in [0, 0.05) is 20.1 Å². The molecule has 1 aromatic rings. The van der Waals surface area contributed by atoms with E-state index in [4.69, 9.17) is 9.47 Å². The third-order valence-corrected chi connectivity index (χ3v) is 3.63. The van der Waals surface area contributed by atoms with E-state index in [9.17, 15) is 14.4 Å². The number of aryl methyl sites for hydroxylation is 1. The highest BCUT2D eigenvalue weighted by Gasteiger charge is 2.16. The highest BCUT2D eigenvalue weighted by atomic mass is 16.6. The zero-order chi connectivity index (χ0) is 20.4. The molecule has 0 saturated carbocycles. The van der Waals surface area contributed by atoms with Crippen LogP contribution in [0.3, 0.4) is 0 Å². The Morgan fingerprint density at radius 3 is 2.22 bits per heavy atom. The first-order chi connectivity index (χ1) is 12.6. The summed E-state index contributed by atoms with van der Waals surface area (Å²) in [5.74, 6) is -0.844. The van der Waals surface area contributed by atoms with Gasteiger partial charge in [-0.05, 0) is 38.3 Å². The Hall–Kier alpha value is -2.57. The lowest BCUT2D eigenvalue weighted by atomic mass is 10.1. The molecule has 0 fully saturated rings. The quantitative estimate of drug-likeness (QED) is 0.703. The SMILES string of the molecule is CCc1ccc(CN(C)C(=O)COC(=O)CCNC(=O)OC(C)(C)C)cc1. The predicted molar refractivity (Wildman–Crippen MR) is 102 cm³/mol. The normalized spacial score (nSPS) is 10.9. The van der Waals surface area contributed by atoms with Crippen molar-refractivity contribution in [2.75, 3.05) is 20.2 Å². The van der Waals surface area contributed by atoms with E-state index in [2.05, 4.69) is 12.2 Å². The monoisotopic (exact) mass is 378 g/mol. The Morgan fingerprint density at radius 1 is 1.07 bits per heavy atom. The molecule has 150 valence electrons. The highest BCUT2D eigenvalue weighted by Crippen LogP contribution is 2.08. The molecule has 0 spiro atoms. The molecule has 0 aliphatic heterocycles. The van der Waals surface area contributed by atoms with E-state index < -0.39 is 17.7 Å². The van der Waals surface area contributed by atoms with Gasteiger partial charge in [-0.15, -0.1) is 0 Å². The Labute approximate surface area is 161 Å². The molecule has 0 saturated heterocycles. The smallest absolute Gasteiger partial charge is 0.407 e. The van der Waals surface area contributed by atoms with Gasteiger partial charge in [-0.3, -0.25) is 9.59 Å². The summed E-state index contributed by atoms with van der Waals surface area (Å²) in [5, 5.41) is 2.47. The topological polar surface area (TPSA) is 84.9 Å². The first-order valence-electron chi connectivity index (χ1n) is 9.05. The van der Waals surface area contributed by atoms with Crippen molar-refractivity contribution in [2.45, 2.75) is 52.7 Å².